The summed E-state index contributed by atoms with van der Waals surface area (Å²) in [6.45, 7) is 4.36. The number of carbonyl (C=O) groups excluding carboxylic acids is 2. The van der Waals surface area contributed by atoms with Crippen LogP contribution in [-0.2, 0) is 14.3 Å². The third-order valence-corrected chi connectivity index (χ3v) is 2.92. The van der Waals surface area contributed by atoms with Gasteiger partial charge in [0, 0.05) is 46.5 Å². The van der Waals surface area contributed by atoms with Crippen LogP contribution in [-0.4, -0.2) is 80.8 Å². The summed E-state index contributed by atoms with van der Waals surface area (Å²) in [4.78, 5) is 28.8. The van der Waals surface area contributed by atoms with Crippen LogP contribution in [0.1, 0.15) is 6.92 Å². The van der Waals surface area contributed by atoms with Gasteiger partial charge in [0.15, 0.2) is 0 Å². The van der Waals surface area contributed by atoms with Gasteiger partial charge in [0.1, 0.15) is 5.70 Å². The highest BCUT2D eigenvalue weighted by Gasteiger charge is 2.26. The van der Waals surface area contributed by atoms with Crippen molar-refractivity contribution in [2.45, 2.75) is 6.92 Å². The molecule has 1 saturated heterocycles. The first-order valence-electron chi connectivity index (χ1n) is 6.62. The molecule has 0 atom stereocenters. The lowest BCUT2D eigenvalue weighted by molar-refractivity contribution is -0.138. The Labute approximate surface area is 119 Å². The third kappa shape index (κ3) is 4.32. The second-order valence-corrected chi connectivity index (χ2v) is 4.64. The molecule has 0 spiro atoms. The van der Waals surface area contributed by atoms with Crippen LogP contribution in [0.25, 0.3) is 0 Å². The molecule has 1 heterocycles. The van der Waals surface area contributed by atoms with E-state index >= 15 is 0 Å². The summed E-state index contributed by atoms with van der Waals surface area (Å²) in [7, 11) is 5.05. The maximum Gasteiger partial charge on any atom is 0.409 e. The van der Waals surface area contributed by atoms with E-state index in [-0.39, 0.29) is 12.1 Å². The van der Waals surface area contributed by atoms with Gasteiger partial charge in [0.25, 0.3) is 0 Å². The molecule has 0 radical (unpaired) electrons. The standard InChI is InChI=1S/C13H23N3O4/c1-5-20-13(18)16-8-6-15(7-9-16)11(10-14(2)3)12(17)19-4/h10H,5-9H2,1-4H3. The highest BCUT2D eigenvalue weighted by Crippen LogP contribution is 2.12. The Kier molecular flexibility index (Phi) is 6.14. The number of ether oxygens (including phenoxy) is 2. The molecule has 20 heavy (non-hydrogen) atoms. The second kappa shape index (κ2) is 7.62. The van der Waals surface area contributed by atoms with E-state index in [9.17, 15) is 9.59 Å². The summed E-state index contributed by atoms with van der Waals surface area (Å²) in [6.07, 6.45) is 1.43. The number of carbonyl (C=O) groups is 2. The van der Waals surface area contributed by atoms with Crippen LogP contribution >= 0.6 is 0 Å². The molecule has 0 aromatic rings. The zero-order valence-corrected chi connectivity index (χ0v) is 12.6. The molecule has 0 unspecified atom stereocenters. The second-order valence-electron chi connectivity index (χ2n) is 4.64. The highest BCUT2D eigenvalue weighted by atomic mass is 16.6. The monoisotopic (exact) mass is 285 g/mol. The third-order valence-electron chi connectivity index (χ3n) is 2.92. The van der Waals surface area contributed by atoms with Gasteiger partial charge in [-0.2, -0.15) is 0 Å². The lowest BCUT2D eigenvalue weighted by Crippen LogP contribution is -2.49. The molecule has 7 heteroatoms. The average molecular weight is 285 g/mol. The minimum Gasteiger partial charge on any atom is -0.464 e. The van der Waals surface area contributed by atoms with Crippen LogP contribution in [0.2, 0.25) is 0 Å². The van der Waals surface area contributed by atoms with Gasteiger partial charge >= 0.3 is 12.1 Å². The molecule has 1 aliphatic heterocycles. The number of hydrogen-bond donors (Lipinski definition) is 0. The topological polar surface area (TPSA) is 62.3 Å². The number of esters is 1. The van der Waals surface area contributed by atoms with Crippen LogP contribution in [0.15, 0.2) is 11.9 Å². The van der Waals surface area contributed by atoms with Gasteiger partial charge in [0.2, 0.25) is 0 Å². The molecule has 0 aliphatic carbocycles. The van der Waals surface area contributed by atoms with Crippen molar-refractivity contribution in [1.82, 2.24) is 14.7 Å². The highest BCUT2D eigenvalue weighted by molar-refractivity contribution is 5.87. The number of hydrogen-bond acceptors (Lipinski definition) is 6. The fraction of sp³-hybridized carbons (Fsp3) is 0.692. The van der Waals surface area contributed by atoms with Gasteiger partial charge in [-0.3, -0.25) is 0 Å². The largest absolute Gasteiger partial charge is 0.464 e. The van der Waals surface area contributed by atoms with Gasteiger partial charge in [0.05, 0.1) is 13.7 Å². The van der Waals surface area contributed by atoms with Gasteiger partial charge < -0.3 is 24.2 Å². The predicted molar refractivity (Wildman–Crippen MR) is 74.0 cm³/mol. The summed E-state index contributed by atoms with van der Waals surface area (Å²) in [5.74, 6) is -0.372. The minimum absolute atomic E-state index is 0.302. The van der Waals surface area contributed by atoms with Crippen molar-refractivity contribution in [2.75, 3.05) is 54.0 Å². The van der Waals surface area contributed by atoms with E-state index in [1.54, 1.807) is 22.9 Å². The first kappa shape index (κ1) is 16.1. The Hall–Kier alpha value is -1.92. The van der Waals surface area contributed by atoms with Crippen LogP contribution < -0.4 is 0 Å². The maximum absolute atomic E-state index is 11.8. The molecule has 7 nitrogen and oxygen atoms in total. The molecule has 0 saturated carbocycles. The Balaban J connectivity index is 2.66. The quantitative estimate of drug-likeness (QED) is 0.548. The van der Waals surface area contributed by atoms with E-state index in [0.29, 0.717) is 38.5 Å². The SMILES string of the molecule is CCOC(=O)N1CCN(C(=CN(C)C)C(=O)OC)CC1. The fourth-order valence-electron chi connectivity index (χ4n) is 1.96. The normalized spacial score (nSPS) is 15.9. The Morgan fingerprint density at radius 2 is 1.70 bits per heavy atom. The van der Waals surface area contributed by atoms with Crippen LogP contribution in [0.3, 0.4) is 0 Å². The Morgan fingerprint density at radius 3 is 2.15 bits per heavy atom. The van der Waals surface area contributed by atoms with Gasteiger partial charge in [-0.25, -0.2) is 9.59 Å². The smallest absolute Gasteiger partial charge is 0.409 e. The first-order chi connectivity index (χ1) is 9.49. The summed E-state index contributed by atoms with van der Waals surface area (Å²) in [6, 6.07) is 0. The number of nitrogens with zero attached hydrogens (tertiary/aromatic N) is 3. The van der Waals surface area contributed by atoms with Crippen molar-refractivity contribution < 1.29 is 19.1 Å². The van der Waals surface area contributed by atoms with Crippen LogP contribution in [0, 0.1) is 0 Å². The van der Waals surface area contributed by atoms with Crippen molar-refractivity contribution in [3.8, 4) is 0 Å². The molecule has 1 fully saturated rings. The van der Waals surface area contributed by atoms with E-state index in [2.05, 4.69) is 0 Å². The molecular weight excluding hydrogens is 262 g/mol. The van der Waals surface area contributed by atoms with E-state index in [1.165, 1.54) is 7.11 Å². The summed E-state index contributed by atoms with van der Waals surface area (Å²) >= 11 is 0. The number of amides is 1. The summed E-state index contributed by atoms with van der Waals surface area (Å²) in [5, 5.41) is 0. The lowest BCUT2D eigenvalue weighted by Gasteiger charge is -2.36. The van der Waals surface area contributed by atoms with Gasteiger partial charge in [-0.05, 0) is 6.92 Å². The van der Waals surface area contributed by atoms with E-state index in [1.807, 2.05) is 19.0 Å². The molecule has 0 bridgehead atoms. The van der Waals surface area contributed by atoms with Crippen molar-refractivity contribution in [1.29, 1.82) is 0 Å². The van der Waals surface area contributed by atoms with E-state index < -0.39 is 0 Å². The van der Waals surface area contributed by atoms with Crippen molar-refractivity contribution in [2.24, 2.45) is 0 Å². The first-order valence-corrected chi connectivity index (χ1v) is 6.62. The van der Waals surface area contributed by atoms with Gasteiger partial charge in [-0.1, -0.05) is 0 Å². The molecule has 1 rings (SSSR count). The molecule has 0 aromatic carbocycles. The molecule has 1 aliphatic rings. The zero-order chi connectivity index (χ0) is 15.1. The fourth-order valence-corrected chi connectivity index (χ4v) is 1.96. The number of piperazine rings is 1. The molecule has 0 N–H and O–H groups in total. The average Bonchev–Trinajstić information content (AvgIpc) is 2.44. The molecular formula is C13H23N3O4. The predicted octanol–water partition coefficient (Wildman–Crippen LogP) is 0.337. The van der Waals surface area contributed by atoms with E-state index in [0.717, 1.165) is 0 Å². The molecule has 0 aromatic heterocycles. The van der Waals surface area contributed by atoms with Gasteiger partial charge in [-0.15, -0.1) is 0 Å². The Bertz CT molecular complexity index is 374. The molecule has 114 valence electrons. The maximum atomic E-state index is 11.8. The Morgan fingerprint density at radius 1 is 1.15 bits per heavy atom. The van der Waals surface area contributed by atoms with Crippen molar-refractivity contribution >= 4 is 12.1 Å². The summed E-state index contributed by atoms with van der Waals surface area (Å²) < 4.78 is 9.76. The number of rotatable bonds is 4. The van der Waals surface area contributed by atoms with Crippen molar-refractivity contribution in [3.63, 3.8) is 0 Å². The van der Waals surface area contributed by atoms with Crippen LogP contribution in [0.5, 0.6) is 0 Å². The number of methoxy groups -OCH3 is 1. The lowest BCUT2D eigenvalue weighted by atomic mass is 10.3. The zero-order valence-electron chi connectivity index (χ0n) is 12.6. The molecule has 1 amide bonds. The summed E-state index contributed by atoms with van der Waals surface area (Å²) in [5.41, 5.74) is 0.501. The van der Waals surface area contributed by atoms with E-state index in [4.69, 9.17) is 9.47 Å². The minimum atomic E-state index is -0.372. The van der Waals surface area contributed by atoms with Crippen molar-refractivity contribution in [3.05, 3.63) is 11.9 Å². The van der Waals surface area contributed by atoms with Crippen LogP contribution in [0.4, 0.5) is 4.79 Å².